The second kappa shape index (κ2) is 10.8. The maximum Gasteiger partial charge on any atom is 0.256 e. The van der Waals surface area contributed by atoms with Gasteiger partial charge in [-0.15, -0.1) is 0 Å². The lowest BCUT2D eigenvalue weighted by molar-refractivity contribution is -0.124. The number of hydrogen-bond donors (Lipinski definition) is 2. The van der Waals surface area contributed by atoms with Crippen LogP contribution in [0.1, 0.15) is 46.9 Å². The highest BCUT2D eigenvalue weighted by Gasteiger charge is 2.34. The van der Waals surface area contributed by atoms with Gasteiger partial charge in [-0.05, 0) is 61.6 Å². The highest BCUT2D eigenvalue weighted by molar-refractivity contribution is 5.97. The van der Waals surface area contributed by atoms with Crippen LogP contribution in [0, 0.1) is 17.6 Å². The van der Waals surface area contributed by atoms with Gasteiger partial charge in [-0.1, -0.05) is 19.1 Å². The van der Waals surface area contributed by atoms with E-state index in [4.69, 9.17) is 0 Å². The summed E-state index contributed by atoms with van der Waals surface area (Å²) in [6, 6.07) is 10.2. The SMILES string of the molecule is CCCNC(=O)C(NC(=O)c1ccc(F)cc1)C1CCN(C(=O)c2ccccc2F)CC1. The number of rotatable bonds is 7. The fourth-order valence-corrected chi connectivity index (χ4v) is 3.82. The molecule has 1 saturated heterocycles. The lowest BCUT2D eigenvalue weighted by atomic mass is 9.88. The largest absolute Gasteiger partial charge is 0.354 e. The third-order valence-electron chi connectivity index (χ3n) is 5.63. The van der Waals surface area contributed by atoms with Gasteiger partial charge < -0.3 is 15.5 Å². The maximum atomic E-state index is 14.0. The lowest BCUT2D eigenvalue weighted by Crippen LogP contribution is -2.54. The summed E-state index contributed by atoms with van der Waals surface area (Å²) in [6.07, 6.45) is 1.71. The van der Waals surface area contributed by atoms with Crippen molar-refractivity contribution in [2.75, 3.05) is 19.6 Å². The summed E-state index contributed by atoms with van der Waals surface area (Å²) >= 11 is 0. The predicted octanol–water partition coefficient (Wildman–Crippen LogP) is 3.14. The van der Waals surface area contributed by atoms with Crippen molar-refractivity contribution in [2.45, 2.75) is 32.2 Å². The summed E-state index contributed by atoms with van der Waals surface area (Å²) in [5.74, 6) is -2.36. The predicted molar refractivity (Wildman–Crippen MR) is 116 cm³/mol. The highest BCUT2D eigenvalue weighted by Crippen LogP contribution is 2.23. The van der Waals surface area contributed by atoms with Crippen LogP contribution >= 0.6 is 0 Å². The fraction of sp³-hybridized carbons (Fsp3) is 0.375. The van der Waals surface area contributed by atoms with Gasteiger partial charge in [-0.3, -0.25) is 14.4 Å². The van der Waals surface area contributed by atoms with Crippen molar-refractivity contribution < 1.29 is 23.2 Å². The van der Waals surface area contributed by atoms with E-state index in [2.05, 4.69) is 10.6 Å². The van der Waals surface area contributed by atoms with Crippen LogP contribution in [-0.4, -0.2) is 48.3 Å². The summed E-state index contributed by atoms with van der Waals surface area (Å²) in [7, 11) is 0. The number of benzene rings is 2. The van der Waals surface area contributed by atoms with Crippen molar-refractivity contribution in [2.24, 2.45) is 5.92 Å². The molecular formula is C24H27F2N3O3. The Hall–Kier alpha value is -3.29. The molecule has 1 aliphatic rings. The molecule has 2 aromatic carbocycles. The summed E-state index contributed by atoms with van der Waals surface area (Å²) < 4.78 is 27.2. The number of nitrogens with one attached hydrogen (secondary N) is 2. The van der Waals surface area contributed by atoms with E-state index in [1.807, 2.05) is 6.92 Å². The van der Waals surface area contributed by atoms with E-state index in [1.165, 1.54) is 42.5 Å². The molecular weight excluding hydrogens is 416 g/mol. The molecule has 0 aliphatic carbocycles. The third kappa shape index (κ3) is 5.69. The molecule has 2 N–H and O–H groups in total. The Morgan fingerprint density at radius 2 is 1.69 bits per heavy atom. The van der Waals surface area contributed by atoms with Gasteiger partial charge in [0.25, 0.3) is 11.8 Å². The molecule has 170 valence electrons. The normalized spacial score (nSPS) is 15.2. The average Bonchev–Trinajstić information content (AvgIpc) is 2.81. The van der Waals surface area contributed by atoms with Gasteiger partial charge in [-0.2, -0.15) is 0 Å². The second-order valence-corrected chi connectivity index (χ2v) is 7.86. The zero-order chi connectivity index (χ0) is 23.1. The Morgan fingerprint density at radius 1 is 1.03 bits per heavy atom. The van der Waals surface area contributed by atoms with Crippen LogP contribution in [0.25, 0.3) is 0 Å². The van der Waals surface area contributed by atoms with E-state index < -0.39 is 23.6 Å². The van der Waals surface area contributed by atoms with Gasteiger partial charge >= 0.3 is 0 Å². The van der Waals surface area contributed by atoms with Crippen LogP contribution in [0.15, 0.2) is 48.5 Å². The first-order valence-corrected chi connectivity index (χ1v) is 10.8. The molecule has 0 saturated carbocycles. The van der Waals surface area contributed by atoms with Crippen LogP contribution in [0.4, 0.5) is 8.78 Å². The first kappa shape index (κ1) is 23.4. The Kier molecular flexibility index (Phi) is 7.92. The molecule has 1 heterocycles. The minimum atomic E-state index is -0.787. The number of amides is 3. The van der Waals surface area contributed by atoms with Gasteiger partial charge in [0.2, 0.25) is 5.91 Å². The van der Waals surface area contributed by atoms with Crippen LogP contribution in [-0.2, 0) is 4.79 Å². The topological polar surface area (TPSA) is 78.5 Å². The van der Waals surface area contributed by atoms with E-state index in [0.717, 1.165) is 6.42 Å². The number of halogens is 2. The van der Waals surface area contributed by atoms with Gasteiger partial charge in [0.05, 0.1) is 5.56 Å². The summed E-state index contributed by atoms with van der Waals surface area (Å²) in [4.78, 5) is 39.7. The summed E-state index contributed by atoms with van der Waals surface area (Å²) in [5.41, 5.74) is 0.277. The number of hydrogen-bond acceptors (Lipinski definition) is 3. The molecule has 0 radical (unpaired) electrons. The zero-order valence-corrected chi connectivity index (χ0v) is 17.9. The van der Waals surface area contributed by atoms with E-state index in [-0.39, 0.29) is 28.9 Å². The third-order valence-corrected chi connectivity index (χ3v) is 5.63. The molecule has 0 bridgehead atoms. The molecule has 3 amide bonds. The van der Waals surface area contributed by atoms with Crippen LogP contribution in [0.2, 0.25) is 0 Å². The molecule has 0 aromatic heterocycles. The van der Waals surface area contributed by atoms with Crippen molar-refractivity contribution in [3.05, 3.63) is 71.3 Å². The van der Waals surface area contributed by atoms with Crippen LogP contribution in [0.3, 0.4) is 0 Å². The van der Waals surface area contributed by atoms with Gasteiger partial charge in [0.15, 0.2) is 0 Å². The molecule has 1 atom stereocenters. The number of likely N-dealkylation sites (tertiary alicyclic amines) is 1. The standard InChI is InChI=1S/C24H27F2N3O3/c1-2-13-27-23(31)21(28-22(30)17-7-9-18(25)10-8-17)16-11-14-29(15-12-16)24(32)19-5-3-4-6-20(19)26/h3-10,16,21H,2,11-15H2,1H3,(H,27,31)(H,28,30). The second-order valence-electron chi connectivity index (χ2n) is 7.86. The minimum absolute atomic E-state index is 0.0211. The monoisotopic (exact) mass is 443 g/mol. The molecule has 6 nitrogen and oxygen atoms in total. The molecule has 1 fully saturated rings. The molecule has 32 heavy (non-hydrogen) atoms. The van der Waals surface area contributed by atoms with E-state index in [1.54, 1.807) is 11.0 Å². The Labute approximate surface area is 186 Å². The van der Waals surface area contributed by atoms with Gasteiger partial charge in [0, 0.05) is 25.2 Å². The Bertz CT molecular complexity index is 957. The first-order chi connectivity index (χ1) is 15.4. The number of piperidine rings is 1. The average molecular weight is 443 g/mol. The molecule has 8 heteroatoms. The van der Waals surface area contributed by atoms with Crippen molar-refractivity contribution in [1.29, 1.82) is 0 Å². The maximum absolute atomic E-state index is 14.0. The van der Waals surface area contributed by atoms with Crippen molar-refractivity contribution >= 4 is 17.7 Å². The highest BCUT2D eigenvalue weighted by atomic mass is 19.1. The Balaban J connectivity index is 1.68. The van der Waals surface area contributed by atoms with Crippen LogP contribution < -0.4 is 10.6 Å². The van der Waals surface area contributed by atoms with E-state index >= 15 is 0 Å². The quantitative estimate of drug-likeness (QED) is 0.690. The fourth-order valence-electron chi connectivity index (χ4n) is 3.82. The molecule has 1 aliphatic heterocycles. The number of carbonyl (C=O) groups is 3. The molecule has 1 unspecified atom stereocenters. The van der Waals surface area contributed by atoms with Gasteiger partial charge in [-0.25, -0.2) is 8.78 Å². The number of carbonyl (C=O) groups excluding carboxylic acids is 3. The van der Waals surface area contributed by atoms with Crippen molar-refractivity contribution in [3.63, 3.8) is 0 Å². The van der Waals surface area contributed by atoms with Gasteiger partial charge in [0.1, 0.15) is 17.7 Å². The smallest absolute Gasteiger partial charge is 0.256 e. The first-order valence-electron chi connectivity index (χ1n) is 10.8. The summed E-state index contributed by atoms with van der Waals surface area (Å²) in [6.45, 7) is 3.11. The van der Waals surface area contributed by atoms with Crippen molar-refractivity contribution in [3.8, 4) is 0 Å². The van der Waals surface area contributed by atoms with E-state index in [9.17, 15) is 23.2 Å². The number of nitrogens with zero attached hydrogens (tertiary/aromatic N) is 1. The lowest BCUT2D eigenvalue weighted by Gasteiger charge is -2.36. The summed E-state index contributed by atoms with van der Waals surface area (Å²) in [5, 5.41) is 5.60. The zero-order valence-electron chi connectivity index (χ0n) is 17.9. The van der Waals surface area contributed by atoms with E-state index in [0.29, 0.717) is 32.5 Å². The molecule has 2 aromatic rings. The Morgan fingerprint density at radius 3 is 2.31 bits per heavy atom. The molecule has 3 rings (SSSR count). The minimum Gasteiger partial charge on any atom is -0.354 e. The molecule has 0 spiro atoms. The van der Waals surface area contributed by atoms with Crippen molar-refractivity contribution in [1.82, 2.24) is 15.5 Å². The van der Waals surface area contributed by atoms with Crippen LogP contribution in [0.5, 0.6) is 0 Å².